The minimum Gasteiger partial charge on any atom is -0.508 e. The van der Waals surface area contributed by atoms with Crippen LogP contribution >= 0.6 is 0 Å². The Balaban J connectivity index is 1.93. The Kier molecular flexibility index (Phi) is 5.00. The summed E-state index contributed by atoms with van der Waals surface area (Å²) >= 11 is 0. The molecule has 26 heavy (non-hydrogen) atoms. The van der Waals surface area contributed by atoms with Crippen molar-refractivity contribution in [3.63, 3.8) is 0 Å². The van der Waals surface area contributed by atoms with Crippen molar-refractivity contribution in [1.29, 1.82) is 0 Å². The second-order valence-electron chi connectivity index (χ2n) is 6.55. The average Bonchev–Trinajstić information content (AvgIpc) is 2.62. The summed E-state index contributed by atoms with van der Waals surface area (Å²) < 4.78 is 11.4. The van der Waals surface area contributed by atoms with Crippen molar-refractivity contribution < 1.29 is 24.5 Å². The van der Waals surface area contributed by atoms with E-state index >= 15 is 0 Å². The fraction of sp³-hybridized carbons (Fsp3) is 0.286. The van der Waals surface area contributed by atoms with E-state index in [-0.39, 0.29) is 18.0 Å². The third-order valence-corrected chi connectivity index (χ3v) is 4.57. The van der Waals surface area contributed by atoms with Gasteiger partial charge in [-0.05, 0) is 36.2 Å². The molecule has 2 N–H and O–H groups in total. The molecule has 1 aliphatic rings. The number of phenols is 1. The van der Waals surface area contributed by atoms with Gasteiger partial charge in [0.15, 0.2) is 5.78 Å². The lowest BCUT2D eigenvalue weighted by Gasteiger charge is -2.27. The number of hydrogen-bond acceptors (Lipinski definition) is 5. The van der Waals surface area contributed by atoms with Crippen molar-refractivity contribution in [1.82, 2.24) is 0 Å². The monoisotopic (exact) mass is 354 g/mol. The molecule has 5 nitrogen and oxygen atoms in total. The Hall–Kier alpha value is -2.79. The molecule has 0 aromatic heterocycles. The zero-order chi connectivity index (χ0) is 18.8. The van der Waals surface area contributed by atoms with Crippen molar-refractivity contribution in [2.24, 2.45) is 0 Å². The molecule has 0 fully saturated rings. The van der Waals surface area contributed by atoms with Crippen LogP contribution in [0, 0.1) is 0 Å². The van der Waals surface area contributed by atoms with E-state index in [0.29, 0.717) is 29.1 Å². The van der Waals surface area contributed by atoms with Crippen molar-refractivity contribution in [3.8, 4) is 17.2 Å². The highest BCUT2D eigenvalue weighted by atomic mass is 16.5. The molecule has 0 radical (unpaired) electrons. The van der Waals surface area contributed by atoms with Gasteiger partial charge in [-0.1, -0.05) is 24.3 Å². The molecule has 2 aromatic carbocycles. The Bertz CT molecular complexity index is 838. The number of hydrogen-bond donors (Lipinski definition) is 2. The number of aliphatic hydroxyl groups excluding tert-OH is 1. The van der Waals surface area contributed by atoms with Gasteiger partial charge < -0.3 is 19.7 Å². The Labute approximate surface area is 152 Å². The highest BCUT2D eigenvalue weighted by molar-refractivity contribution is 6.00. The molecule has 0 bridgehead atoms. The molecule has 2 aromatic rings. The van der Waals surface area contributed by atoms with Gasteiger partial charge in [-0.2, -0.15) is 0 Å². The fourth-order valence-corrected chi connectivity index (χ4v) is 3.00. The first kappa shape index (κ1) is 18.0. The highest BCUT2D eigenvalue weighted by Gasteiger charge is 2.29. The van der Waals surface area contributed by atoms with E-state index < -0.39 is 12.2 Å². The molecule has 136 valence electrons. The topological polar surface area (TPSA) is 76.0 Å². The summed E-state index contributed by atoms with van der Waals surface area (Å²) in [7, 11) is 1.54. The number of ketones is 1. The first-order valence-corrected chi connectivity index (χ1v) is 8.42. The largest absolute Gasteiger partial charge is 0.508 e. The van der Waals surface area contributed by atoms with Gasteiger partial charge in [-0.25, -0.2) is 0 Å². The minimum atomic E-state index is -0.702. The number of carbonyl (C=O) groups excluding carboxylic acids is 1. The van der Waals surface area contributed by atoms with Gasteiger partial charge in [-0.15, -0.1) is 0 Å². The van der Waals surface area contributed by atoms with Gasteiger partial charge in [0.05, 0.1) is 25.2 Å². The normalized spacial score (nSPS) is 17.2. The molecule has 2 atom stereocenters. The average molecular weight is 354 g/mol. The maximum atomic E-state index is 12.7. The first-order chi connectivity index (χ1) is 12.4. The standard InChI is InChI=1S/C21H22O5/c1-12(2)17(23)9-14-8-16-18(24)10-20(13-4-6-15(22)7-5-13)26-21(16)11-19(14)25-3/h4-8,11,17,20,22-23H,1,9-10H2,2-3H3/t17?,20-/m0/s1. The van der Waals surface area contributed by atoms with E-state index in [1.54, 1.807) is 50.4 Å². The summed E-state index contributed by atoms with van der Waals surface area (Å²) in [6.07, 6.45) is -0.578. The summed E-state index contributed by atoms with van der Waals surface area (Å²) in [5, 5.41) is 19.5. The maximum absolute atomic E-state index is 12.7. The van der Waals surface area contributed by atoms with E-state index in [2.05, 4.69) is 6.58 Å². The zero-order valence-electron chi connectivity index (χ0n) is 14.9. The molecule has 1 unspecified atom stereocenters. The summed E-state index contributed by atoms with van der Waals surface area (Å²) in [5.74, 6) is 1.16. The Morgan fingerprint density at radius 2 is 2.04 bits per heavy atom. The van der Waals surface area contributed by atoms with E-state index in [1.165, 1.54) is 0 Å². The van der Waals surface area contributed by atoms with Crippen LogP contribution in [0.5, 0.6) is 17.2 Å². The van der Waals surface area contributed by atoms with Gasteiger partial charge >= 0.3 is 0 Å². The van der Waals surface area contributed by atoms with Crippen LogP contribution in [0.25, 0.3) is 0 Å². The number of aliphatic hydroxyl groups is 1. The summed E-state index contributed by atoms with van der Waals surface area (Å²) in [4.78, 5) is 12.7. The second kappa shape index (κ2) is 7.22. The van der Waals surface area contributed by atoms with Crippen LogP contribution in [0.15, 0.2) is 48.6 Å². The third-order valence-electron chi connectivity index (χ3n) is 4.57. The van der Waals surface area contributed by atoms with Crippen LogP contribution in [0.2, 0.25) is 0 Å². The van der Waals surface area contributed by atoms with Crippen molar-refractivity contribution in [3.05, 3.63) is 65.2 Å². The predicted octanol–water partition coefficient (Wildman–Crippen LogP) is 3.59. The maximum Gasteiger partial charge on any atom is 0.170 e. The molecule has 0 saturated carbocycles. The van der Waals surface area contributed by atoms with Gasteiger partial charge in [0.1, 0.15) is 23.4 Å². The van der Waals surface area contributed by atoms with E-state index in [4.69, 9.17) is 9.47 Å². The lowest BCUT2D eigenvalue weighted by Crippen LogP contribution is -2.21. The molecular formula is C21H22O5. The lowest BCUT2D eigenvalue weighted by molar-refractivity contribution is 0.0849. The number of phenolic OH excluding ortho intramolecular Hbond substituents is 1. The van der Waals surface area contributed by atoms with Gasteiger partial charge in [0.25, 0.3) is 0 Å². The molecule has 5 heteroatoms. The minimum absolute atomic E-state index is 0.0296. The van der Waals surface area contributed by atoms with Gasteiger partial charge in [0.2, 0.25) is 0 Å². The summed E-state index contributed by atoms with van der Waals surface area (Å²) in [6, 6.07) is 10.1. The zero-order valence-corrected chi connectivity index (χ0v) is 14.9. The summed E-state index contributed by atoms with van der Waals surface area (Å²) in [5.41, 5.74) is 2.70. The van der Waals surface area contributed by atoms with Crippen molar-refractivity contribution >= 4 is 5.78 Å². The molecule has 1 heterocycles. The van der Waals surface area contributed by atoms with Crippen molar-refractivity contribution in [2.75, 3.05) is 7.11 Å². The fourth-order valence-electron chi connectivity index (χ4n) is 3.00. The van der Waals surface area contributed by atoms with Crippen LogP contribution in [-0.4, -0.2) is 29.2 Å². The molecule has 3 rings (SSSR count). The van der Waals surface area contributed by atoms with Crippen LogP contribution < -0.4 is 9.47 Å². The number of Topliss-reactive ketones (excluding diaryl/α,β-unsaturated/α-hetero) is 1. The molecule has 0 aliphatic carbocycles. The molecule has 0 saturated heterocycles. The van der Waals surface area contributed by atoms with E-state index in [1.807, 2.05) is 0 Å². The first-order valence-electron chi connectivity index (χ1n) is 8.42. The van der Waals surface area contributed by atoms with E-state index in [9.17, 15) is 15.0 Å². The van der Waals surface area contributed by atoms with Crippen LogP contribution in [0.4, 0.5) is 0 Å². The number of rotatable bonds is 5. The van der Waals surface area contributed by atoms with Crippen LogP contribution in [0.1, 0.15) is 40.9 Å². The third kappa shape index (κ3) is 3.58. The van der Waals surface area contributed by atoms with Gasteiger partial charge in [0, 0.05) is 12.5 Å². The smallest absolute Gasteiger partial charge is 0.170 e. The van der Waals surface area contributed by atoms with Crippen molar-refractivity contribution in [2.45, 2.75) is 32.0 Å². The number of fused-ring (bicyclic) bond motifs is 1. The number of benzene rings is 2. The van der Waals surface area contributed by atoms with Crippen LogP contribution in [0.3, 0.4) is 0 Å². The van der Waals surface area contributed by atoms with Crippen LogP contribution in [-0.2, 0) is 6.42 Å². The molecular weight excluding hydrogens is 332 g/mol. The lowest BCUT2D eigenvalue weighted by atomic mass is 9.93. The number of carbonyl (C=O) groups is 1. The number of ether oxygens (including phenoxy) is 2. The second-order valence-corrected chi connectivity index (χ2v) is 6.55. The predicted molar refractivity (Wildman–Crippen MR) is 97.9 cm³/mol. The molecule has 0 spiro atoms. The van der Waals surface area contributed by atoms with Gasteiger partial charge in [-0.3, -0.25) is 4.79 Å². The van der Waals surface area contributed by atoms with E-state index in [0.717, 1.165) is 11.1 Å². The molecule has 0 amide bonds. The quantitative estimate of drug-likeness (QED) is 0.803. The molecule has 1 aliphatic heterocycles. The Morgan fingerprint density at radius 1 is 1.35 bits per heavy atom. The Morgan fingerprint density at radius 3 is 2.65 bits per heavy atom. The SMILES string of the molecule is C=C(C)C(O)Cc1cc2c(cc1OC)O[C@H](c1ccc(O)cc1)CC2=O. The highest BCUT2D eigenvalue weighted by Crippen LogP contribution is 2.39. The number of aromatic hydroxyl groups is 1. The summed E-state index contributed by atoms with van der Waals surface area (Å²) in [6.45, 7) is 5.51. The number of methoxy groups -OCH3 is 1.